The molecule has 0 bridgehead atoms. The van der Waals surface area contributed by atoms with Crippen LogP contribution in [0.4, 0.5) is 0 Å². The van der Waals surface area contributed by atoms with E-state index in [-0.39, 0.29) is 0 Å². The summed E-state index contributed by atoms with van der Waals surface area (Å²) >= 11 is 0. The van der Waals surface area contributed by atoms with Gasteiger partial charge >= 0.3 is 0 Å². The van der Waals surface area contributed by atoms with E-state index >= 15 is 0 Å². The molecule has 1 aliphatic rings. The quantitative estimate of drug-likeness (QED) is 0.856. The summed E-state index contributed by atoms with van der Waals surface area (Å²) in [6.07, 6.45) is 1.20. The molecule has 1 N–H and O–H groups in total. The van der Waals surface area contributed by atoms with E-state index in [1.165, 1.54) is 25.1 Å². The highest BCUT2D eigenvalue weighted by atomic mass is 15.1. The summed E-state index contributed by atoms with van der Waals surface area (Å²) in [5.74, 6) is 0.729. The third kappa shape index (κ3) is 4.60. The zero-order valence-corrected chi connectivity index (χ0v) is 13.6. The summed E-state index contributed by atoms with van der Waals surface area (Å²) in [5, 5.41) is 3.61. The Morgan fingerprint density at radius 2 is 1.90 bits per heavy atom. The van der Waals surface area contributed by atoms with E-state index < -0.39 is 0 Å². The maximum absolute atomic E-state index is 3.61. The van der Waals surface area contributed by atoms with Crippen molar-refractivity contribution >= 4 is 0 Å². The van der Waals surface area contributed by atoms with Gasteiger partial charge in [-0.1, -0.05) is 52.0 Å². The lowest BCUT2D eigenvalue weighted by molar-refractivity contribution is 0.160. The highest BCUT2D eigenvalue weighted by Gasteiger charge is 2.24. The van der Waals surface area contributed by atoms with Gasteiger partial charge in [-0.05, 0) is 35.4 Å². The molecule has 112 valence electrons. The lowest BCUT2D eigenvalue weighted by Gasteiger charge is -2.36. The van der Waals surface area contributed by atoms with Crippen LogP contribution < -0.4 is 5.32 Å². The van der Waals surface area contributed by atoms with Crippen molar-refractivity contribution in [1.82, 2.24) is 10.2 Å². The number of nitrogens with zero attached hydrogens (tertiary/aromatic N) is 1. The van der Waals surface area contributed by atoms with E-state index in [1.807, 2.05) is 0 Å². The molecule has 1 aromatic carbocycles. The molecule has 0 fully saturated rings. The van der Waals surface area contributed by atoms with Crippen LogP contribution >= 0.6 is 0 Å². The molecule has 0 aromatic heterocycles. The van der Waals surface area contributed by atoms with E-state index in [4.69, 9.17) is 0 Å². The Kier molecular flexibility index (Phi) is 5.22. The molecule has 2 heteroatoms. The molecular weight excluding hydrogens is 244 g/mol. The lowest BCUT2D eigenvalue weighted by atomic mass is 9.90. The van der Waals surface area contributed by atoms with Gasteiger partial charge in [-0.2, -0.15) is 0 Å². The third-order valence-corrected chi connectivity index (χ3v) is 4.02. The first-order valence-electron chi connectivity index (χ1n) is 7.96. The van der Waals surface area contributed by atoms with Crippen molar-refractivity contribution < 1.29 is 0 Å². The van der Waals surface area contributed by atoms with Crippen LogP contribution in [-0.2, 0) is 13.0 Å². The van der Waals surface area contributed by atoms with Gasteiger partial charge < -0.3 is 5.32 Å². The Balaban J connectivity index is 1.84. The minimum absolute atomic E-state index is 0.334. The van der Waals surface area contributed by atoms with Crippen molar-refractivity contribution in [3.63, 3.8) is 0 Å². The molecule has 1 heterocycles. The first-order chi connectivity index (χ1) is 9.46. The van der Waals surface area contributed by atoms with E-state index in [1.54, 1.807) is 5.56 Å². The molecular formula is C18H30N2. The smallest absolute Gasteiger partial charge is 0.0236 e. The number of benzene rings is 1. The van der Waals surface area contributed by atoms with Crippen molar-refractivity contribution in [2.75, 3.05) is 26.2 Å². The van der Waals surface area contributed by atoms with E-state index in [2.05, 4.69) is 62.2 Å². The van der Waals surface area contributed by atoms with Gasteiger partial charge in [0.05, 0.1) is 0 Å². The summed E-state index contributed by atoms with van der Waals surface area (Å²) in [5.41, 5.74) is 3.39. The zero-order chi connectivity index (χ0) is 14.6. The fraction of sp³-hybridized carbons (Fsp3) is 0.667. The van der Waals surface area contributed by atoms with Gasteiger partial charge in [0.15, 0.2) is 0 Å². The fourth-order valence-electron chi connectivity index (χ4n) is 3.05. The van der Waals surface area contributed by atoms with Crippen LogP contribution in [0.15, 0.2) is 24.3 Å². The van der Waals surface area contributed by atoms with Crippen molar-refractivity contribution in [3.05, 3.63) is 35.4 Å². The Morgan fingerprint density at radius 3 is 2.60 bits per heavy atom. The van der Waals surface area contributed by atoms with Crippen LogP contribution in [0.2, 0.25) is 0 Å². The minimum Gasteiger partial charge on any atom is -0.316 e. The predicted molar refractivity (Wildman–Crippen MR) is 86.9 cm³/mol. The SMILES string of the molecule is CC(C)CNCC(C)(C)CN1CCc2ccccc2C1. The molecule has 0 spiro atoms. The largest absolute Gasteiger partial charge is 0.316 e. The van der Waals surface area contributed by atoms with Crippen LogP contribution in [0.3, 0.4) is 0 Å². The van der Waals surface area contributed by atoms with Gasteiger partial charge in [-0.3, -0.25) is 4.90 Å². The van der Waals surface area contributed by atoms with E-state index in [9.17, 15) is 0 Å². The normalized spacial score (nSPS) is 16.4. The molecule has 0 aliphatic carbocycles. The second kappa shape index (κ2) is 6.73. The molecule has 0 unspecified atom stereocenters. The average molecular weight is 274 g/mol. The highest BCUT2D eigenvalue weighted by molar-refractivity contribution is 5.29. The van der Waals surface area contributed by atoms with Gasteiger partial charge in [0, 0.05) is 26.2 Å². The Labute approximate surface area is 124 Å². The van der Waals surface area contributed by atoms with Gasteiger partial charge in [-0.25, -0.2) is 0 Å². The van der Waals surface area contributed by atoms with Crippen LogP contribution in [0.1, 0.15) is 38.8 Å². The van der Waals surface area contributed by atoms with Crippen LogP contribution in [-0.4, -0.2) is 31.1 Å². The third-order valence-electron chi connectivity index (χ3n) is 4.02. The van der Waals surface area contributed by atoms with E-state index in [0.717, 1.165) is 25.6 Å². The van der Waals surface area contributed by atoms with Gasteiger partial charge in [0.1, 0.15) is 0 Å². The molecule has 2 rings (SSSR count). The summed E-state index contributed by atoms with van der Waals surface area (Å²) in [6.45, 7) is 15.0. The first kappa shape index (κ1) is 15.5. The number of nitrogens with one attached hydrogen (secondary N) is 1. The van der Waals surface area contributed by atoms with E-state index in [0.29, 0.717) is 5.41 Å². The first-order valence-corrected chi connectivity index (χ1v) is 7.96. The second-order valence-corrected chi connectivity index (χ2v) is 7.42. The summed E-state index contributed by atoms with van der Waals surface area (Å²) in [6, 6.07) is 8.89. The molecule has 20 heavy (non-hydrogen) atoms. The Hall–Kier alpha value is -0.860. The molecule has 2 nitrogen and oxygen atoms in total. The van der Waals surface area contributed by atoms with Crippen molar-refractivity contribution in [2.45, 2.75) is 40.7 Å². The number of hydrogen-bond acceptors (Lipinski definition) is 2. The summed E-state index contributed by atoms with van der Waals surface area (Å²) < 4.78 is 0. The maximum Gasteiger partial charge on any atom is 0.0236 e. The standard InChI is InChI=1S/C18H30N2/c1-15(2)11-19-13-18(3,4)14-20-10-9-16-7-5-6-8-17(16)12-20/h5-8,15,19H,9-14H2,1-4H3. The fourth-order valence-corrected chi connectivity index (χ4v) is 3.05. The number of hydrogen-bond donors (Lipinski definition) is 1. The lowest BCUT2D eigenvalue weighted by Crippen LogP contribution is -2.43. The van der Waals surface area contributed by atoms with Crippen LogP contribution in [0.5, 0.6) is 0 Å². The van der Waals surface area contributed by atoms with Crippen molar-refractivity contribution in [1.29, 1.82) is 0 Å². The molecule has 0 amide bonds. The van der Waals surface area contributed by atoms with Crippen LogP contribution in [0, 0.1) is 11.3 Å². The molecule has 0 atom stereocenters. The maximum atomic E-state index is 3.61. The molecule has 0 saturated carbocycles. The topological polar surface area (TPSA) is 15.3 Å². The molecule has 1 aliphatic heterocycles. The summed E-state index contributed by atoms with van der Waals surface area (Å²) in [4.78, 5) is 2.61. The van der Waals surface area contributed by atoms with Gasteiger partial charge in [-0.15, -0.1) is 0 Å². The van der Waals surface area contributed by atoms with Crippen molar-refractivity contribution in [3.8, 4) is 0 Å². The highest BCUT2D eigenvalue weighted by Crippen LogP contribution is 2.23. The molecule has 0 radical (unpaired) electrons. The Morgan fingerprint density at radius 1 is 1.20 bits per heavy atom. The Bertz CT molecular complexity index is 423. The minimum atomic E-state index is 0.334. The zero-order valence-electron chi connectivity index (χ0n) is 13.6. The van der Waals surface area contributed by atoms with Crippen molar-refractivity contribution in [2.24, 2.45) is 11.3 Å². The predicted octanol–water partition coefficient (Wildman–Crippen LogP) is 3.32. The summed E-state index contributed by atoms with van der Waals surface area (Å²) in [7, 11) is 0. The molecule has 1 aromatic rings. The number of rotatable bonds is 6. The number of fused-ring (bicyclic) bond motifs is 1. The van der Waals surface area contributed by atoms with Gasteiger partial charge in [0.25, 0.3) is 0 Å². The van der Waals surface area contributed by atoms with Crippen LogP contribution in [0.25, 0.3) is 0 Å². The monoisotopic (exact) mass is 274 g/mol. The molecule has 0 saturated heterocycles. The van der Waals surface area contributed by atoms with Gasteiger partial charge in [0.2, 0.25) is 0 Å². The second-order valence-electron chi connectivity index (χ2n) is 7.42. The average Bonchev–Trinajstić information content (AvgIpc) is 2.37.